The normalized spacial score (nSPS) is 21.9. The maximum atomic E-state index is 13.1. The Hall–Kier alpha value is -2.39. The third-order valence-electron chi connectivity index (χ3n) is 5.12. The minimum absolute atomic E-state index is 0.0199. The maximum absolute atomic E-state index is 13.1. The van der Waals surface area contributed by atoms with E-state index in [-0.39, 0.29) is 11.8 Å². The molecule has 2 atom stereocenters. The van der Waals surface area contributed by atoms with Crippen LogP contribution in [-0.2, 0) is 16.0 Å². The molecular formula is C19H24N4O2. The van der Waals surface area contributed by atoms with Gasteiger partial charge in [0.25, 0.3) is 0 Å². The lowest BCUT2D eigenvalue weighted by molar-refractivity contribution is -0.144. The standard InChI is InChI=1S/C19H24N4O2/c20-13-15-6-4-14(5-7-15)12-17(23-11-8-16(21)18(23)24)19(25)22-9-2-1-3-10-22/h4-7,16-17H,1-3,8-12,21H2. The first-order chi connectivity index (χ1) is 12.1. The van der Waals surface area contributed by atoms with Crippen LogP contribution >= 0.6 is 0 Å². The largest absolute Gasteiger partial charge is 0.341 e. The van der Waals surface area contributed by atoms with E-state index in [2.05, 4.69) is 6.07 Å². The van der Waals surface area contributed by atoms with Gasteiger partial charge in [0.05, 0.1) is 17.7 Å². The second-order valence-corrected chi connectivity index (χ2v) is 6.84. The van der Waals surface area contributed by atoms with Crippen molar-refractivity contribution in [1.29, 1.82) is 5.26 Å². The van der Waals surface area contributed by atoms with Gasteiger partial charge in [0.15, 0.2) is 0 Å². The molecule has 1 aromatic rings. The Balaban J connectivity index is 1.81. The Morgan fingerprint density at radius 1 is 1.20 bits per heavy atom. The number of amides is 2. The van der Waals surface area contributed by atoms with Crippen molar-refractivity contribution in [2.75, 3.05) is 19.6 Å². The molecule has 25 heavy (non-hydrogen) atoms. The van der Waals surface area contributed by atoms with Gasteiger partial charge in [-0.2, -0.15) is 5.26 Å². The molecule has 0 spiro atoms. The zero-order valence-electron chi connectivity index (χ0n) is 14.4. The summed E-state index contributed by atoms with van der Waals surface area (Å²) < 4.78 is 0. The molecule has 2 unspecified atom stereocenters. The van der Waals surface area contributed by atoms with Crippen LogP contribution in [0.4, 0.5) is 0 Å². The number of benzene rings is 1. The molecule has 2 heterocycles. The fourth-order valence-corrected chi connectivity index (χ4v) is 3.63. The van der Waals surface area contributed by atoms with Crippen LogP contribution in [0.1, 0.15) is 36.8 Å². The lowest BCUT2D eigenvalue weighted by Crippen LogP contribution is -2.52. The summed E-state index contributed by atoms with van der Waals surface area (Å²) in [4.78, 5) is 29.1. The molecule has 0 aromatic heterocycles. The van der Waals surface area contributed by atoms with Crippen molar-refractivity contribution in [3.8, 4) is 6.07 Å². The molecule has 2 saturated heterocycles. The SMILES string of the molecule is N#Cc1ccc(CC(C(=O)N2CCCCC2)N2CCC(N)C2=O)cc1. The van der Waals surface area contributed by atoms with Crippen LogP contribution in [-0.4, -0.2) is 53.3 Å². The average molecular weight is 340 g/mol. The summed E-state index contributed by atoms with van der Waals surface area (Å²) in [5, 5.41) is 8.93. The molecular weight excluding hydrogens is 316 g/mol. The molecule has 2 fully saturated rings. The number of likely N-dealkylation sites (tertiary alicyclic amines) is 2. The molecule has 0 radical (unpaired) electrons. The summed E-state index contributed by atoms with van der Waals surface area (Å²) in [6.45, 7) is 2.05. The van der Waals surface area contributed by atoms with Crippen LogP contribution in [0.25, 0.3) is 0 Å². The zero-order valence-corrected chi connectivity index (χ0v) is 14.4. The van der Waals surface area contributed by atoms with E-state index >= 15 is 0 Å². The van der Waals surface area contributed by atoms with Gasteiger partial charge in [-0.3, -0.25) is 9.59 Å². The Morgan fingerprint density at radius 2 is 1.88 bits per heavy atom. The van der Waals surface area contributed by atoms with Gasteiger partial charge in [0, 0.05) is 26.1 Å². The topological polar surface area (TPSA) is 90.4 Å². The first kappa shape index (κ1) is 17.4. The predicted octanol–water partition coefficient (Wildman–Crippen LogP) is 1.04. The molecule has 2 aliphatic rings. The molecule has 6 nitrogen and oxygen atoms in total. The van der Waals surface area contributed by atoms with E-state index in [1.807, 2.05) is 17.0 Å². The maximum Gasteiger partial charge on any atom is 0.245 e. The Kier molecular flexibility index (Phi) is 5.34. The number of carbonyl (C=O) groups is 2. The number of piperidine rings is 1. The zero-order chi connectivity index (χ0) is 17.8. The summed E-state index contributed by atoms with van der Waals surface area (Å²) in [5.41, 5.74) is 7.40. The van der Waals surface area contributed by atoms with E-state index in [1.54, 1.807) is 17.0 Å². The lowest BCUT2D eigenvalue weighted by Gasteiger charge is -2.34. The third kappa shape index (κ3) is 3.83. The van der Waals surface area contributed by atoms with Crippen molar-refractivity contribution in [2.45, 2.75) is 44.2 Å². The first-order valence-corrected chi connectivity index (χ1v) is 8.94. The molecule has 2 aliphatic heterocycles. The Labute approximate surface area is 148 Å². The van der Waals surface area contributed by atoms with Crippen molar-refractivity contribution in [3.63, 3.8) is 0 Å². The number of nitrogens with two attached hydrogens (primary N) is 1. The molecule has 1 aromatic carbocycles. The highest BCUT2D eigenvalue weighted by atomic mass is 16.2. The molecule has 6 heteroatoms. The smallest absolute Gasteiger partial charge is 0.245 e. The van der Waals surface area contributed by atoms with Crippen molar-refractivity contribution < 1.29 is 9.59 Å². The highest BCUT2D eigenvalue weighted by Crippen LogP contribution is 2.21. The van der Waals surface area contributed by atoms with E-state index in [4.69, 9.17) is 11.0 Å². The highest BCUT2D eigenvalue weighted by Gasteiger charge is 2.39. The fraction of sp³-hybridized carbons (Fsp3) is 0.526. The van der Waals surface area contributed by atoms with Crippen molar-refractivity contribution in [1.82, 2.24) is 9.80 Å². The Morgan fingerprint density at radius 3 is 2.44 bits per heavy atom. The van der Waals surface area contributed by atoms with Crippen LogP contribution in [0.3, 0.4) is 0 Å². The molecule has 0 saturated carbocycles. The number of rotatable bonds is 4. The number of nitrogens with zero attached hydrogens (tertiary/aromatic N) is 3. The second kappa shape index (κ2) is 7.66. The quantitative estimate of drug-likeness (QED) is 0.887. The molecule has 3 rings (SSSR count). The van der Waals surface area contributed by atoms with E-state index in [0.717, 1.165) is 37.9 Å². The van der Waals surface area contributed by atoms with Gasteiger partial charge in [-0.05, 0) is 43.4 Å². The summed E-state index contributed by atoms with van der Waals surface area (Å²) in [5.74, 6) is -0.115. The van der Waals surface area contributed by atoms with E-state index in [1.165, 1.54) is 0 Å². The predicted molar refractivity (Wildman–Crippen MR) is 93.4 cm³/mol. The summed E-state index contributed by atoms with van der Waals surface area (Å²) >= 11 is 0. The number of nitriles is 1. The summed E-state index contributed by atoms with van der Waals surface area (Å²) in [7, 11) is 0. The van der Waals surface area contributed by atoms with Gasteiger partial charge in [-0.15, -0.1) is 0 Å². The van der Waals surface area contributed by atoms with Crippen molar-refractivity contribution in [3.05, 3.63) is 35.4 Å². The van der Waals surface area contributed by atoms with Crippen LogP contribution in [0.2, 0.25) is 0 Å². The van der Waals surface area contributed by atoms with Gasteiger partial charge in [-0.25, -0.2) is 0 Å². The van der Waals surface area contributed by atoms with Crippen LogP contribution < -0.4 is 5.73 Å². The minimum Gasteiger partial charge on any atom is -0.341 e. The van der Waals surface area contributed by atoms with Gasteiger partial charge in [0.2, 0.25) is 11.8 Å². The number of hydrogen-bond donors (Lipinski definition) is 1. The first-order valence-electron chi connectivity index (χ1n) is 8.94. The van der Waals surface area contributed by atoms with E-state index in [0.29, 0.717) is 24.9 Å². The average Bonchev–Trinajstić information content (AvgIpc) is 2.99. The van der Waals surface area contributed by atoms with E-state index in [9.17, 15) is 9.59 Å². The van der Waals surface area contributed by atoms with Crippen LogP contribution in [0.15, 0.2) is 24.3 Å². The Bertz CT molecular complexity index is 674. The van der Waals surface area contributed by atoms with Crippen molar-refractivity contribution >= 4 is 11.8 Å². The minimum atomic E-state index is -0.507. The monoisotopic (exact) mass is 340 g/mol. The summed E-state index contributed by atoms with van der Waals surface area (Å²) in [6, 6.07) is 8.29. The molecule has 0 aliphatic carbocycles. The van der Waals surface area contributed by atoms with Crippen LogP contribution in [0.5, 0.6) is 0 Å². The third-order valence-corrected chi connectivity index (χ3v) is 5.12. The van der Waals surface area contributed by atoms with Crippen molar-refractivity contribution in [2.24, 2.45) is 5.73 Å². The molecule has 2 N–H and O–H groups in total. The fourth-order valence-electron chi connectivity index (χ4n) is 3.63. The number of carbonyl (C=O) groups excluding carboxylic acids is 2. The van der Waals surface area contributed by atoms with Gasteiger partial charge >= 0.3 is 0 Å². The van der Waals surface area contributed by atoms with Gasteiger partial charge in [-0.1, -0.05) is 12.1 Å². The van der Waals surface area contributed by atoms with Gasteiger partial charge in [0.1, 0.15) is 6.04 Å². The molecule has 2 amide bonds. The second-order valence-electron chi connectivity index (χ2n) is 6.84. The van der Waals surface area contributed by atoms with E-state index < -0.39 is 12.1 Å². The number of hydrogen-bond acceptors (Lipinski definition) is 4. The summed E-state index contributed by atoms with van der Waals surface area (Å²) in [6.07, 6.45) is 4.23. The molecule has 0 bridgehead atoms. The van der Waals surface area contributed by atoms with Crippen LogP contribution in [0, 0.1) is 11.3 Å². The molecule has 132 valence electrons. The van der Waals surface area contributed by atoms with Gasteiger partial charge < -0.3 is 15.5 Å². The highest BCUT2D eigenvalue weighted by molar-refractivity contribution is 5.91. The lowest BCUT2D eigenvalue weighted by atomic mass is 10.0.